The fourth-order valence-electron chi connectivity index (χ4n) is 2.98. The second-order valence-electron chi connectivity index (χ2n) is 5.42. The summed E-state index contributed by atoms with van der Waals surface area (Å²) in [7, 11) is 0. The Kier molecular flexibility index (Phi) is 3.66. The van der Waals surface area contributed by atoms with E-state index in [-0.39, 0.29) is 24.4 Å². The molecule has 17 heavy (non-hydrogen) atoms. The molecule has 1 saturated heterocycles. The average Bonchev–Trinajstić information content (AvgIpc) is 3.07. The van der Waals surface area contributed by atoms with Crippen molar-refractivity contribution in [2.24, 2.45) is 5.73 Å². The smallest absolute Gasteiger partial charge is 0.243 e. The molecule has 1 amide bonds. The van der Waals surface area contributed by atoms with Gasteiger partial charge in [0.1, 0.15) is 0 Å². The first-order valence-corrected chi connectivity index (χ1v) is 6.42. The van der Waals surface area contributed by atoms with E-state index in [0.717, 1.165) is 32.2 Å². The number of nitrogens with two attached hydrogens (primary N) is 1. The third kappa shape index (κ3) is 2.30. The molecule has 0 radical (unpaired) electrons. The summed E-state index contributed by atoms with van der Waals surface area (Å²) in [5.41, 5.74) is 5.50. The lowest BCUT2D eigenvalue weighted by molar-refractivity contribution is -0.151. The summed E-state index contributed by atoms with van der Waals surface area (Å²) in [6.07, 6.45) is 6.64. The lowest BCUT2D eigenvalue weighted by atomic mass is 9.89. The van der Waals surface area contributed by atoms with Gasteiger partial charge in [0.25, 0.3) is 0 Å². The molecule has 1 heterocycles. The maximum absolute atomic E-state index is 12.3. The van der Waals surface area contributed by atoms with Crippen molar-refractivity contribution < 1.29 is 9.53 Å². The van der Waals surface area contributed by atoms with Gasteiger partial charge in [0, 0.05) is 6.54 Å². The number of nitrogens with zero attached hydrogens (tertiary/aromatic N) is 1. The largest absolute Gasteiger partial charge is 0.374 e. The van der Waals surface area contributed by atoms with E-state index in [2.05, 4.69) is 0 Å². The third-order valence-electron chi connectivity index (χ3n) is 4.21. The summed E-state index contributed by atoms with van der Waals surface area (Å²) in [6.45, 7) is 1.42. The van der Waals surface area contributed by atoms with Crippen LogP contribution in [0, 0.1) is 0 Å². The monoisotopic (exact) mass is 260 g/mol. The minimum Gasteiger partial charge on any atom is -0.374 e. The molecule has 0 aromatic carbocycles. The van der Waals surface area contributed by atoms with Crippen LogP contribution < -0.4 is 5.73 Å². The summed E-state index contributed by atoms with van der Waals surface area (Å²) in [5, 5.41) is 0. The Labute approximate surface area is 108 Å². The molecule has 0 bridgehead atoms. The predicted molar refractivity (Wildman–Crippen MR) is 67.1 cm³/mol. The molecule has 3 rings (SSSR count). The highest BCUT2D eigenvalue weighted by molar-refractivity contribution is 5.89. The number of amides is 1. The zero-order valence-electron chi connectivity index (χ0n) is 10.1. The quantitative estimate of drug-likeness (QED) is 0.767. The Morgan fingerprint density at radius 2 is 2.00 bits per heavy atom. The number of carbonyl (C=O) groups excluding carboxylic acids is 1. The topological polar surface area (TPSA) is 55.6 Å². The summed E-state index contributed by atoms with van der Waals surface area (Å²) < 4.78 is 5.76. The lowest BCUT2D eigenvalue weighted by Gasteiger charge is -2.44. The van der Waals surface area contributed by atoms with Crippen molar-refractivity contribution >= 4 is 18.3 Å². The molecule has 2 aliphatic carbocycles. The first-order chi connectivity index (χ1) is 7.71. The lowest BCUT2D eigenvalue weighted by Crippen LogP contribution is -2.59. The van der Waals surface area contributed by atoms with Crippen molar-refractivity contribution in [1.29, 1.82) is 0 Å². The van der Waals surface area contributed by atoms with E-state index in [4.69, 9.17) is 10.5 Å². The molecule has 4 nitrogen and oxygen atoms in total. The Balaban J connectivity index is 0.00000108. The summed E-state index contributed by atoms with van der Waals surface area (Å²) in [5.74, 6) is 0.174. The number of carbonyl (C=O) groups is 1. The summed E-state index contributed by atoms with van der Waals surface area (Å²) in [4.78, 5) is 14.3. The van der Waals surface area contributed by atoms with E-state index in [0.29, 0.717) is 12.6 Å². The Hall–Kier alpha value is -0.320. The van der Waals surface area contributed by atoms with E-state index >= 15 is 0 Å². The van der Waals surface area contributed by atoms with Crippen molar-refractivity contribution in [1.82, 2.24) is 4.90 Å². The first kappa shape index (κ1) is 13.1. The number of rotatable bonds is 1. The minimum absolute atomic E-state index is 0. The molecule has 0 aromatic heterocycles. The Morgan fingerprint density at radius 3 is 2.71 bits per heavy atom. The van der Waals surface area contributed by atoms with Gasteiger partial charge >= 0.3 is 0 Å². The SMILES string of the molecule is Cl.NC1(C(=O)N2CCOC3CCCCC32)CC1. The average molecular weight is 261 g/mol. The first-order valence-electron chi connectivity index (χ1n) is 6.42. The van der Waals surface area contributed by atoms with Crippen molar-refractivity contribution in [3.8, 4) is 0 Å². The van der Waals surface area contributed by atoms with E-state index in [9.17, 15) is 4.79 Å². The number of morpholine rings is 1. The molecule has 2 unspecified atom stereocenters. The van der Waals surface area contributed by atoms with Crippen molar-refractivity contribution in [2.45, 2.75) is 56.2 Å². The molecule has 3 fully saturated rings. The zero-order chi connectivity index (χ0) is 11.2. The maximum Gasteiger partial charge on any atom is 0.243 e. The maximum atomic E-state index is 12.3. The van der Waals surface area contributed by atoms with Gasteiger partial charge in [0.15, 0.2) is 0 Å². The highest BCUT2D eigenvalue weighted by Gasteiger charge is 2.51. The molecule has 3 aliphatic rings. The van der Waals surface area contributed by atoms with Crippen LogP contribution in [0.2, 0.25) is 0 Å². The van der Waals surface area contributed by atoms with Gasteiger partial charge in [-0.05, 0) is 25.7 Å². The van der Waals surface area contributed by atoms with Gasteiger partial charge in [-0.2, -0.15) is 0 Å². The van der Waals surface area contributed by atoms with Crippen LogP contribution in [0.15, 0.2) is 0 Å². The third-order valence-corrected chi connectivity index (χ3v) is 4.21. The van der Waals surface area contributed by atoms with Crippen LogP contribution in [0.5, 0.6) is 0 Å². The molecule has 2 N–H and O–H groups in total. The van der Waals surface area contributed by atoms with Gasteiger partial charge in [-0.1, -0.05) is 12.8 Å². The standard InChI is InChI=1S/C12H20N2O2.ClH/c13-12(5-6-12)11(15)14-7-8-16-10-4-2-1-3-9(10)14;/h9-10H,1-8,13H2;1H. The van der Waals surface area contributed by atoms with Crippen LogP contribution in [-0.4, -0.2) is 41.6 Å². The highest BCUT2D eigenvalue weighted by Crippen LogP contribution is 2.37. The van der Waals surface area contributed by atoms with Gasteiger partial charge in [-0.25, -0.2) is 0 Å². The van der Waals surface area contributed by atoms with E-state index < -0.39 is 5.54 Å². The normalized spacial score (nSPS) is 34.5. The minimum atomic E-state index is -0.515. The van der Waals surface area contributed by atoms with Crippen LogP contribution >= 0.6 is 12.4 Å². The molecule has 0 aromatic rings. The van der Waals surface area contributed by atoms with E-state index in [1.807, 2.05) is 4.90 Å². The summed E-state index contributed by atoms with van der Waals surface area (Å²) in [6, 6.07) is 0.302. The van der Waals surface area contributed by atoms with Crippen LogP contribution in [0.1, 0.15) is 38.5 Å². The summed E-state index contributed by atoms with van der Waals surface area (Å²) >= 11 is 0. The molecule has 98 valence electrons. The van der Waals surface area contributed by atoms with Crippen LogP contribution in [-0.2, 0) is 9.53 Å². The number of halogens is 1. The van der Waals surface area contributed by atoms with Crippen LogP contribution in [0.3, 0.4) is 0 Å². The van der Waals surface area contributed by atoms with Gasteiger partial charge < -0.3 is 15.4 Å². The van der Waals surface area contributed by atoms with E-state index in [1.54, 1.807) is 0 Å². The number of hydrogen-bond acceptors (Lipinski definition) is 3. The van der Waals surface area contributed by atoms with Gasteiger partial charge in [0.05, 0.1) is 24.3 Å². The fourth-order valence-corrected chi connectivity index (χ4v) is 2.98. The van der Waals surface area contributed by atoms with Crippen molar-refractivity contribution in [3.63, 3.8) is 0 Å². The Bertz CT molecular complexity index is 305. The van der Waals surface area contributed by atoms with Gasteiger partial charge in [-0.3, -0.25) is 4.79 Å². The van der Waals surface area contributed by atoms with Crippen molar-refractivity contribution in [3.05, 3.63) is 0 Å². The number of fused-ring (bicyclic) bond motifs is 1. The van der Waals surface area contributed by atoms with Gasteiger partial charge in [-0.15, -0.1) is 12.4 Å². The van der Waals surface area contributed by atoms with Crippen LogP contribution in [0.4, 0.5) is 0 Å². The molecule has 1 aliphatic heterocycles. The van der Waals surface area contributed by atoms with Gasteiger partial charge in [0.2, 0.25) is 5.91 Å². The molecule has 0 spiro atoms. The Morgan fingerprint density at radius 1 is 1.29 bits per heavy atom. The highest BCUT2D eigenvalue weighted by atomic mass is 35.5. The second-order valence-corrected chi connectivity index (χ2v) is 5.42. The second kappa shape index (κ2) is 4.75. The fraction of sp³-hybridized carbons (Fsp3) is 0.917. The molecule has 5 heteroatoms. The number of ether oxygens (including phenoxy) is 1. The number of hydrogen-bond donors (Lipinski definition) is 1. The van der Waals surface area contributed by atoms with E-state index in [1.165, 1.54) is 12.8 Å². The van der Waals surface area contributed by atoms with Crippen LogP contribution in [0.25, 0.3) is 0 Å². The molecule has 2 saturated carbocycles. The molecular weight excluding hydrogens is 240 g/mol. The zero-order valence-corrected chi connectivity index (χ0v) is 10.9. The predicted octanol–water partition coefficient (Wildman–Crippen LogP) is 1.07. The molecule has 2 atom stereocenters. The van der Waals surface area contributed by atoms with Crippen molar-refractivity contribution in [2.75, 3.05) is 13.2 Å². The molecular formula is C12H21ClN2O2.